The third-order valence-electron chi connectivity index (χ3n) is 2.91. The summed E-state index contributed by atoms with van der Waals surface area (Å²) in [5, 5.41) is 6.88. The zero-order valence-corrected chi connectivity index (χ0v) is 11.4. The Kier molecular flexibility index (Phi) is 4.55. The predicted octanol–water partition coefficient (Wildman–Crippen LogP) is 0.0772. The van der Waals surface area contributed by atoms with Crippen LogP contribution >= 0.6 is 0 Å². The van der Waals surface area contributed by atoms with Crippen LogP contribution in [0.15, 0.2) is 36.0 Å². The Morgan fingerprint density at radius 3 is 2.29 bits per heavy atom. The molecule has 0 aromatic heterocycles. The molecule has 7 heteroatoms. The van der Waals surface area contributed by atoms with E-state index in [0.29, 0.717) is 6.54 Å². The maximum absolute atomic E-state index is 11.4. The Bertz CT molecular complexity index is 571. The van der Waals surface area contributed by atoms with Crippen molar-refractivity contribution in [3.8, 4) is 5.75 Å². The first-order chi connectivity index (χ1) is 10.1. The molecule has 1 aliphatic rings. The molecule has 0 spiro atoms. The number of hydrogen-bond donors (Lipinski definition) is 3. The third-order valence-corrected chi connectivity index (χ3v) is 2.91. The molecule has 4 amide bonds. The molecular formula is C14H15N3O4. The number of rotatable bonds is 5. The van der Waals surface area contributed by atoms with Gasteiger partial charge >= 0.3 is 6.03 Å². The Balaban J connectivity index is 1.85. The molecule has 0 unspecified atom stereocenters. The van der Waals surface area contributed by atoms with Gasteiger partial charge in [0.1, 0.15) is 11.3 Å². The van der Waals surface area contributed by atoms with Crippen molar-refractivity contribution >= 4 is 17.8 Å². The molecule has 1 saturated heterocycles. The van der Waals surface area contributed by atoms with E-state index in [-0.39, 0.29) is 5.57 Å². The second-order valence-electron chi connectivity index (χ2n) is 4.35. The van der Waals surface area contributed by atoms with Crippen molar-refractivity contribution in [2.45, 2.75) is 6.42 Å². The van der Waals surface area contributed by atoms with E-state index in [1.165, 1.54) is 6.20 Å². The monoisotopic (exact) mass is 289 g/mol. The lowest BCUT2D eigenvalue weighted by Gasteiger charge is -2.14. The molecule has 1 aromatic rings. The van der Waals surface area contributed by atoms with Crippen molar-refractivity contribution in [1.29, 1.82) is 0 Å². The van der Waals surface area contributed by atoms with Gasteiger partial charge < -0.3 is 10.1 Å². The molecule has 1 aliphatic heterocycles. The van der Waals surface area contributed by atoms with Crippen LogP contribution < -0.4 is 20.7 Å². The molecule has 7 nitrogen and oxygen atoms in total. The average Bonchev–Trinajstić information content (AvgIpc) is 2.46. The normalized spacial score (nSPS) is 14.3. The van der Waals surface area contributed by atoms with E-state index in [1.807, 2.05) is 34.9 Å². The van der Waals surface area contributed by atoms with Crippen molar-refractivity contribution in [3.05, 3.63) is 41.6 Å². The van der Waals surface area contributed by atoms with Gasteiger partial charge in [-0.05, 0) is 24.1 Å². The quantitative estimate of drug-likeness (QED) is 0.405. The van der Waals surface area contributed by atoms with Crippen molar-refractivity contribution in [1.82, 2.24) is 16.0 Å². The summed E-state index contributed by atoms with van der Waals surface area (Å²) in [6.45, 7) is 0.546. The molecule has 0 aliphatic carbocycles. The van der Waals surface area contributed by atoms with Crippen LogP contribution in [0.2, 0.25) is 0 Å². The van der Waals surface area contributed by atoms with Gasteiger partial charge in [0.05, 0.1) is 7.11 Å². The fraction of sp³-hybridized carbons (Fsp3) is 0.214. The van der Waals surface area contributed by atoms with Gasteiger partial charge in [0, 0.05) is 12.7 Å². The van der Waals surface area contributed by atoms with E-state index in [0.717, 1.165) is 17.7 Å². The van der Waals surface area contributed by atoms with Crippen LogP contribution in [0.1, 0.15) is 5.56 Å². The van der Waals surface area contributed by atoms with E-state index in [2.05, 4.69) is 5.32 Å². The van der Waals surface area contributed by atoms with Gasteiger partial charge in [-0.15, -0.1) is 0 Å². The summed E-state index contributed by atoms with van der Waals surface area (Å²) in [5.74, 6) is -0.629. The predicted molar refractivity (Wildman–Crippen MR) is 74.5 cm³/mol. The van der Waals surface area contributed by atoms with Crippen molar-refractivity contribution < 1.29 is 19.1 Å². The summed E-state index contributed by atoms with van der Waals surface area (Å²) in [4.78, 5) is 33.7. The van der Waals surface area contributed by atoms with Crippen LogP contribution in [0.4, 0.5) is 4.79 Å². The van der Waals surface area contributed by atoms with E-state index < -0.39 is 17.8 Å². The molecule has 0 saturated carbocycles. The first-order valence-corrected chi connectivity index (χ1v) is 6.33. The van der Waals surface area contributed by atoms with Crippen LogP contribution in [-0.2, 0) is 16.0 Å². The smallest absolute Gasteiger partial charge is 0.328 e. The maximum atomic E-state index is 11.4. The summed E-state index contributed by atoms with van der Waals surface area (Å²) in [5.41, 5.74) is 0.971. The summed E-state index contributed by atoms with van der Waals surface area (Å²) >= 11 is 0. The fourth-order valence-corrected chi connectivity index (χ4v) is 1.79. The minimum absolute atomic E-state index is 0.121. The van der Waals surface area contributed by atoms with E-state index in [4.69, 9.17) is 4.74 Å². The lowest BCUT2D eigenvalue weighted by atomic mass is 10.1. The number of carbonyl (C=O) groups excluding carboxylic acids is 3. The highest BCUT2D eigenvalue weighted by Gasteiger charge is 2.27. The first kappa shape index (κ1) is 14.6. The van der Waals surface area contributed by atoms with Gasteiger partial charge in [0.2, 0.25) is 0 Å². The van der Waals surface area contributed by atoms with Crippen LogP contribution in [-0.4, -0.2) is 31.5 Å². The molecule has 0 bridgehead atoms. The largest absolute Gasteiger partial charge is 0.497 e. The number of urea groups is 1. The molecule has 21 heavy (non-hydrogen) atoms. The number of methoxy groups -OCH3 is 1. The molecule has 3 N–H and O–H groups in total. The molecule has 0 atom stereocenters. The van der Waals surface area contributed by atoms with Gasteiger partial charge in [-0.25, -0.2) is 4.79 Å². The van der Waals surface area contributed by atoms with E-state index in [9.17, 15) is 14.4 Å². The molecule has 2 rings (SSSR count). The lowest BCUT2D eigenvalue weighted by molar-refractivity contribution is -0.124. The van der Waals surface area contributed by atoms with Crippen LogP contribution in [0, 0.1) is 0 Å². The van der Waals surface area contributed by atoms with Crippen molar-refractivity contribution in [2.75, 3.05) is 13.7 Å². The van der Waals surface area contributed by atoms with Crippen LogP contribution in [0.25, 0.3) is 0 Å². The highest BCUT2D eigenvalue weighted by molar-refractivity contribution is 6.28. The van der Waals surface area contributed by atoms with Gasteiger partial charge in [-0.3, -0.25) is 20.2 Å². The number of imide groups is 2. The molecular weight excluding hydrogens is 274 g/mol. The number of carbonyl (C=O) groups is 3. The zero-order chi connectivity index (χ0) is 15.2. The second kappa shape index (κ2) is 6.56. The highest BCUT2D eigenvalue weighted by atomic mass is 16.5. The summed E-state index contributed by atoms with van der Waals surface area (Å²) in [6.07, 6.45) is 2.02. The summed E-state index contributed by atoms with van der Waals surface area (Å²) < 4.78 is 5.06. The molecule has 1 heterocycles. The minimum atomic E-state index is -0.805. The number of benzene rings is 1. The Morgan fingerprint density at radius 1 is 1.10 bits per heavy atom. The Labute approximate surface area is 121 Å². The number of hydrogen-bond acceptors (Lipinski definition) is 5. The fourth-order valence-electron chi connectivity index (χ4n) is 1.79. The summed E-state index contributed by atoms with van der Waals surface area (Å²) in [7, 11) is 1.60. The highest BCUT2D eigenvalue weighted by Crippen LogP contribution is 2.11. The number of ether oxygens (including phenoxy) is 1. The second-order valence-corrected chi connectivity index (χ2v) is 4.35. The number of amides is 4. The Hall–Kier alpha value is -2.83. The maximum Gasteiger partial charge on any atom is 0.328 e. The van der Waals surface area contributed by atoms with Crippen LogP contribution in [0.3, 0.4) is 0 Å². The van der Waals surface area contributed by atoms with Crippen molar-refractivity contribution in [3.63, 3.8) is 0 Å². The summed E-state index contributed by atoms with van der Waals surface area (Å²) in [6, 6.07) is 6.79. The van der Waals surface area contributed by atoms with Crippen LogP contribution in [0.5, 0.6) is 5.75 Å². The molecule has 0 radical (unpaired) electrons. The third kappa shape index (κ3) is 3.82. The molecule has 110 valence electrons. The van der Waals surface area contributed by atoms with Crippen molar-refractivity contribution in [2.24, 2.45) is 0 Å². The SMILES string of the molecule is COc1ccc(CCNC=C2C(=O)NC(=O)NC2=O)cc1. The first-order valence-electron chi connectivity index (χ1n) is 6.33. The number of nitrogens with one attached hydrogen (secondary N) is 3. The van der Waals surface area contributed by atoms with E-state index in [1.54, 1.807) is 7.11 Å². The zero-order valence-electron chi connectivity index (χ0n) is 11.4. The Morgan fingerprint density at radius 2 is 1.71 bits per heavy atom. The van der Waals surface area contributed by atoms with Gasteiger partial charge in [-0.1, -0.05) is 12.1 Å². The van der Waals surface area contributed by atoms with E-state index >= 15 is 0 Å². The van der Waals surface area contributed by atoms with Gasteiger partial charge in [-0.2, -0.15) is 0 Å². The molecule has 1 fully saturated rings. The standard InChI is InChI=1S/C14H15N3O4/c1-21-10-4-2-9(3-5-10)6-7-15-8-11-12(18)16-14(20)17-13(11)19/h2-5,8,15H,6-7H2,1H3,(H2,16,17,18,19,20). The average molecular weight is 289 g/mol. The van der Waals surface area contributed by atoms with Gasteiger partial charge in [0.15, 0.2) is 0 Å². The topological polar surface area (TPSA) is 96.5 Å². The van der Waals surface area contributed by atoms with Gasteiger partial charge in [0.25, 0.3) is 11.8 Å². The number of barbiturate groups is 1. The lowest BCUT2D eigenvalue weighted by Crippen LogP contribution is -2.51. The minimum Gasteiger partial charge on any atom is -0.497 e. The molecule has 1 aromatic carbocycles.